The lowest BCUT2D eigenvalue weighted by Gasteiger charge is -2.20. The first kappa shape index (κ1) is 17.1. The highest BCUT2D eigenvalue weighted by Crippen LogP contribution is 2.22. The molecule has 6 heteroatoms. The highest BCUT2D eigenvalue weighted by molar-refractivity contribution is 5.89. The molecular formula is C17H25N3O3. The fraction of sp³-hybridized carbons (Fsp3) is 0.529. The number of nitrogens with one attached hydrogen (secondary N) is 1. The third-order valence-corrected chi connectivity index (χ3v) is 4.06. The number of amides is 3. The molecule has 0 aromatic heterocycles. The molecule has 6 nitrogen and oxygen atoms in total. The van der Waals surface area contributed by atoms with Crippen molar-refractivity contribution < 1.29 is 14.3 Å². The molecule has 1 unspecified atom stereocenters. The molecule has 0 radical (unpaired) electrons. The predicted molar refractivity (Wildman–Crippen MR) is 89.8 cm³/mol. The van der Waals surface area contributed by atoms with E-state index in [1.807, 2.05) is 38.1 Å². The number of hydrogen-bond donors (Lipinski definition) is 1. The molecule has 0 saturated carbocycles. The Bertz CT molecular complexity index is 541. The van der Waals surface area contributed by atoms with Gasteiger partial charge in [-0.15, -0.1) is 0 Å². The van der Waals surface area contributed by atoms with Crippen LogP contribution in [0.2, 0.25) is 0 Å². The number of rotatable bonds is 6. The molecule has 1 fully saturated rings. The molecule has 1 aromatic carbocycles. The van der Waals surface area contributed by atoms with Gasteiger partial charge in [0.05, 0.1) is 13.1 Å². The first-order chi connectivity index (χ1) is 11.1. The van der Waals surface area contributed by atoms with E-state index in [0.29, 0.717) is 26.2 Å². The van der Waals surface area contributed by atoms with Crippen molar-refractivity contribution in [3.8, 4) is 0 Å². The Morgan fingerprint density at radius 1 is 1.26 bits per heavy atom. The summed E-state index contributed by atoms with van der Waals surface area (Å²) in [6.07, 6.45) is 0.272. The average Bonchev–Trinajstić information content (AvgIpc) is 2.95. The van der Waals surface area contributed by atoms with Gasteiger partial charge in [-0.3, -0.25) is 4.90 Å². The molecule has 1 atom stereocenters. The number of benzene rings is 1. The molecule has 3 amide bonds. The zero-order valence-corrected chi connectivity index (χ0v) is 14.0. The van der Waals surface area contributed by atoms with Gasteiger partial charge in [0, 0.05) is 18.8 Å². The Morgan fingerprint density at radius 3 is 2.48 bits per heavy atom. The topological polar surface area (TPSA) is 61.9 Å². The van der Waals surface area contributed by atoms with Gasteiger partial charge in [-0.2, -0.15) is 0 Å². The zero-order valence-electron chi connectivity index (χ0n) is 14.0. The molecule has 0 aliphatic carbocycles. The van der Waals surface area contributed by atoms with Crippen LogP contribution in [-0.2, 0) is 11.2 Å². The maximum Gasteiger partial charge on any atom is 0.414 e. The van der Waals surface area contributed by atoms with E-state index in [-0.39, 0.29) is 18.2 Å². The molecule has 1 heterocycles. The molecular weight excluding hydrogens is 294 g/mol. The highest BCUT2D eigenvalue weighted by atomic mass is 16.6. The van der Waals surface area contributed by atoms with Crippen molar-refractivity contribution in [1.29, 1.82) is 0 Å². The lowest BCUT2D eigenvalue weighted by molar-refractivity contribution is 0.138. The van der Waals surface area contributed by atoms with Gasteiger partial charge in [0.15, 0.2) is 0 Å². The normalized spacial score (nSPS) is 17.1. The van der Waals surface area contributed by atoms with Crippen LogP contribution in [0, 0.1) is 0 Å². The number of urea groups is 1. The van der Waals surface area contributed by atoms with E-state index in [0.717, 1.165) is 12.1 Å². The van der Waals surface area contributed by atoms with Crippen molar-refractivity contribution in [3.05, 3.63) is 29.8 Å². The molecule has 0 bridgehead atoms. The van der Waals surface area contributed by atoms with Crippen molar-refractivity contribution in [3.63, 3.8) is 0 Å². The second kappa shape index (κ2) is 7.85. The van der Waals surface area contributed by atoms with Gasteiger partial charge in [-0.25, -0.2) is 9.59 Å². The van der Waals surface area contributed by atoms with Crippen LogP contribution in [0.5, 0.6) is 0 Å². The Labute approximate surface area is 137 Å². The van der Waals surface area contributed by atoms with Crippen molar-refractivity contribution >= 4 is 17.8 Å². The average molecular weight is 319 g/mol. The van der Waals surface area contributed by atoms with Crippen LogP contribution in [0.4, 0.5) is 15.3 Å². The molecule has 1 aliphatic heterocycles. The number of carbonyl (C=O) groups is 2. The molecule has 1 saturated heterocycles. The Balaban J connectivity index is 1.90. The van der Waals surface area contributed by atoms with E-state index >= 15 is 0 Å². The van der Waals surface area contributed by atoms with Crippen LogP contribution in [0.25, 0.3) is 0 Å². The number of anilines is 1. The van der Waals surface area contributed by atoms with E-state index in [9.17, 15) is 9.59 Å². The summed E-state index contributed by atoms with van der Waals surface area (Å²) in [6, 6.07) is 7.75. The summed E-state index contributed by atoms with van der Waals surface area (Å²) >= 11 is 0. The zero-order chi connectivity index (χ0) is 16.8. The summed E-state index contributed by atoms with van der Waals surface area (Å²) < 4.78 is 5.34. The van der Waals surface area contributed by atoms with Crippen LogP contribution in [0.15, 0.2) is 24.3 Å². The standard InChI is InChI=1S/C17H25N3O3/c1-4-13-7-9-14(10-8-13)20-12-15(23-17(20)22)11-18-16(21)19(5-2)6-3/h7-10,15H,4-6,11-12H2,1-3H3,(H,18,21). The third-order valence-electron chi connectivity index (χ3n) is 4.06. The summed E-state index contributed by atoms with van der Waals surface area (Å²) in [5, 5.41) is 2.82. The van der Waals surface area contributed by atoms with Crippen LogP contribution in [0.3, 0.4) is 0 Å². The van der Waals surface area contributed by atoms with E-state index in [4.69, 9.17) is 4.74 Å². The van der Waals surface area contributed by atoms with Gasteiger partial charge in [-0.1, -0.05) is 19.1 Å². The van der Waals surface area contributed by atoms with Gasteiger partial charge in [0.2, 0.25) is 0 Å². The molecule has 1 aromatic rings. The van der Waals surface area contributed by atoms with Crippen molar-refractivity contribution in [2.24, 2.45) is 0 Å². The summed E-state index contributed by atoms with van der Waals surface area (Å²) in [7, 11) is 0. The Morgan fingerprint density at radius 2 is 1.91 bits per heavy atom. The van der Waals surface area contributed by atoms with Crippen molar-refractivity contribution in [2.45, 2.75) is 33.3 Å². The van der Waals surface area contributed by atoms with E-state index in [1.54, 1.807) is 9.80 Å². The molecule has 1 aliphatic rings. The maximum atomic E-state index is 12.0. The van der Waals surface area contributed by atoms with Crippen molar-refractivity contribution in [2.75, 3.05) is 31.1 Å². The van der Waals surface area contributed by atoms with Crippen molar-refractivity contribution in [1.82, 2.24) is 10.2 Å². The molecule has 126 valence electrons. The minimum Gasteiger partial charge on any atom is -0.442 e. The predicted octanol–water partition coefficient (Wildman–Crippen LogP) is 2.63. The van der Waals surface area contributed by atoms with Gasteiger partial charge in [0.1, 0.15) is 6.10 Å². The number of nitrogens with zero attached hydrogens (tertiary/aromatic N) is 2. The highest BCUT2D eigenvalue weighted by Gasteiger charge is 2.32. The monoisotopic (exact) mass is 319 g/mol. The largest absolute Gasteiger partial charge is 0.442 e. The smallest absolute Gasteiger partial charge is 0.414 e. The fourth-order valence-electron chi connectivity index (χ4n) is 2.57. The number of aryl methyl sites for hydroxylation is 1. The lowest BCUT2D eigenvalue weighted by atomic mass is 10.1. The van der Waals surface area contributed by atoms with Crippen LogP contribution in [-0.4, -0.2) is 49.3 Å². The number of cyclic esters (lactones) is 1. The third kappa shape index (κ3) is 4.15. The quantitative estimate of drug-likeness (QED) is 0.877. The minimum absolute atomic E-state index is 0.128. The lowest BCUT2D eigenvalue weighted by Crippen LogP contribution is -2.43. The van der Waals surface area contributed by atoms with E-state index in [1.165, 1.54) is 5.56 Å². The Hall–Kier alpha value is -2.24. The van der Waals surface area contributed by atoms with Gasteiger partial charge >= 0.3 is 12.1 Å². The van der Waals surface area contributed by atoms with Crippen LogP contribution in [0.1, 0.15) is 26.3 Å². The summed E-state index contributed by atoms with van der Waals surface area (Å²) in [4.78, 5) is 27.2. The second-order valence-corrected chi connectivity index (χ2v) is 5.49. The van der Waals surface area contributed by atoms with Gasteiger partial charge in [0.25, 0.3) is 0 Å². The summed E-state index contributed by atoms with van der Waals surface area (Å²) in [5.41, 5.74) is 2.05. The first-order valence-electron chi connectivity index (χ1n) is 8.18. The summed E-state index contributed by atoms with van der Waals surface area (Å²) in [6.45, 7) is 8.04. The van der Waals surface area contributed by atoms with Gasteiger partial charge < -0.3 is 15.0 Å². The van der Waals surface area contributed by atoms with Gasteiger partial charge in [-0.05, 0) is 38.0 Å². The fourth-order valence-corrected chi connectivity index (χ4v) is 2.57. The first-order valence-corrected chi connectivity index (χ1v) is 8.18. The second-order valence-electron chi connectivity index (χ2n) is 5.49. The minimum atomic E-state index is -0.365. The van der Waals surface area contributed by atoms with Crippen LogP contribution >= 0.6 is 0 Å². The van der Waals surface area contributed by atoms with E-state index in [2.05, 4.69) is 12.2 Å². The number of carbonyl (C=O) groups excluding carboxylic acids is 2. The Kier molecular flexibility index (Phi) is 5.84. The SMILES string of the molecule is CCc1ccc(N2CC(CNC(=O)N(CC)CC)OC2=O)cc1. The maximum absolute atomic E-state index is 12.0. The van der Waals surface area contributed by atoms with Crippen LogP contribution < -0.4 is 10.2 Å². The number of ether oxygens (including phenoxy) is 1. The molecule has 0 spiro atoms. The molecule has 2 rings (SSSR count). The number of hydrogen-bond acceptors (Lipinski definition) is 3. The molecule has 23 heavy (non-hydrogen) atoms. The van der Waals surface area contributed by atoms with E-state index < -0.39 is 0 Å². The molecule has 1 N–H and O–H groups in total. The summed E-state index contributed by atoms with van der Waals surface area (Å²) in [5.74, 6) is 0.